The Morgan fingerprint density at radius 1 is 1.25 bits per heavy atom. The first-order chi connectivity index (χ1) is 9.54. The summed E-state index contributed by atoms with van der Waals surface area (Å²) in [5.74, 6) is -2.19. The lowest BCUT2D eigenvalue weighted by Crippen LogP contribution is -2.35. The van der Waals surface area contributed by atoms with Crippen LogP contribution in [0.5, 0.6) is 0 Å². The second kappa shape index (κ2) is 8.21. The Kier molecular flexibility index (Phi) is 6.58. The van der Waals surface area contributed by atoms with Gasteiger partial charge in [0.05, 0.1) is 18.6 Å². The molecule has 0 bridgehead atoms. The zero-order valence-corrected chi connectivity index (χ0v) is 11.7. The van der Waals surface area contributed by atoms with Crippen LogP contribution < -0.4 is 5.32 Å². The summed E-state index contributed by atoms with van der Waals surface area (Å²) in [6.07, 6.45) is 0. The second-order valence-corrected chi connectivity index (χ2v) is 4.81. The first-order valence-corrected chi connectivity index (χ1v) is 6.91. The topological polar surface area (TPSA) is 92.7 Å². The molecule has 1 aromatic rings. The van der Waals surface area contributed by atoms with Gasteiger partial charge in [-0.15, -0.1) is 11.8 Å². The number of carboxylic acids is 1. The summed E-state index contributed by atoms with van der Waals surface area (Å²) >= 11 is 0.962. The number of aliphatic carboxylic acids is 1. The standard InChI is InChI=1S/C13H15NO5S/c1-19-13(18)12(9-5-3-2-4-6-9)14-10(15)7-20-8-11(16)17/h2-6,12H,7-8H2,1H3,(H,14,15)(H,16,17). The van der Waals surface area contributed by atoms with Gasteiger partial charge in [-0.2, -0.15) is 0 Å². The maximum atomic E-state index is 11.7. The number of carbonyl (C=O) groups is 3. The molecule has 7 heteroatoms. The molecule has 108 valence electrons. The van der Waals surface area contributed by atoms with Crippen LogP contribution in [0.25, 0.3) is 0 Å². The van der Waals surface area contributed by atoms with Gasteiger partial charge in [0, 0.05) is 0 Å². The van der Waals surface area contributed by atoms with E-state index in [9.17, 15) is 14.4 Å². The molecule has 0 saturated carbocycles. The van der Waals surface area contributed by atoms with Crippen molar-refractivity contribution >= 4 is 29.6 Å². The van der Waals surface area contributed by atoms with E-state index < -0.39 is 23.9 Å². The van der Waals surface area contributed by atoms with Crippen molar-refractivity contribution in [3.63, 3.8) is 0 Å². The van der Waals surface area contributed by atoms with E-state index in [1.165, 1.54) is 7.11 Å². The van der Waals surface area contributed by atoms with Crippen LogP contribution in [-0.4, -0.2) is 41.6 Å². The Morgan fingerprint density at radius 2 is 1.90 bits per heavy atom. The molecule has 0 aliphatic rings. The van der Waals surface area contributed by atoms with E-state index in [1.54, 1.807) is 30.3 Å². The Labute approximate surface area is 120 Å². The number of ether oxygens (including phenoxy) is 1. The average molecular weight is 297 g/mol. The average Bonchev–Trinajstić information content (AvgIpc) is 2.44. The third-order valence-electron chi connectivity index (χ3n) is 2.33. The summed E-state index contributed by atoms with van der Waals surface area (Å²) in [5.41, 5.74) is 0.607. The van der Waals surface area contributed by atoms with Crippen molar-refractivity contribution in [3.05, 3.63) is 35.9 Å². The van der Waals surface area contributed by atoms with Gasteiger partial charge in [0.2, 0.25) is 5.91 Å². The summed E-state index contributed by atoms with van der Waals surface area (Å²) < 4.78 is 4.66. The zero-order valence-electron chi connectivity index (χ0n) is 10.9. The van der Waals surface area contributed by atoms with Crippen molar-refractivity contribution in [1.82, 2.24) is 5.32 Å². The van der Waals surface area contributed by atoms with Crippen molar-refractivity contribution in [1.29, 1.82) is 0 Å². The molecule has 1 atom stereocenters. The van der Waals surface area contributed by atoms with Gasteiger partial charge in [-0.3, -0.25) is 9.59 Å². The highest BCUT2D eigenvalue weighted by atomic mass is 32.2. The molecule has 0 aliphatic carbocycles. The zero-order chi connectivity index (χ0) is 15.0. The molecule has 0 heterocycles. The van der Waals surface area contributed by atoms with Crippen molar-refractivity contribution in [3.8, 4) is 0 Å². The van der Waals surface area contributed by atoms with Crippen LogP contribution in [0.4, 0.5) is 0 Å². The lowest BCUT2D eigenvalue weighted by Gasteiger charge is -2.16. The molecule has 0 saturated heterocycles. The lowest BCUT2D eigenvalue weighted by molar-refractivity contribution is -0.145. The minimum absolute atomic E-state index is 0.0351. The van der Waals surface area contributed by atoms with Crippen molar-refractivity contribution < 1.29 is 24.2 Å². The number of thioether (sulfide) groups is 1. The van der Waals surface area contributed by atoms with Crippen LogP contribution in [0, 0.1) is 0 Å². The minimum Gasteiger partial charge on any atom is -0.481 e. The molecule has 2 N–H and O–H groups in total. The van der Waals surface area contributed by atoms with Crippen LogP contribution >= 0.6 is 11.8 Å². The SMILES string of the molecule is COC(=O)C(NC(=O)CSCC(=O)O)c1ccccc1. The molecule has 0 fully saturated rings. The first kappa shape index (κ1) is 16.0. The maximum Gasteiger partial charge on any atom is 0.333 e. The summed E-state index contributed by atoms with van der Waals surface area (Å²) in [5, 5.41) is 11.0. The molecular formula is C13H15NO5S. The highest BCUT2D eigenvalue weighted by molar-refractivity contribution is 8.00. The van der Waals surface area contributed by atoms with E-state index in [1.807, 2.05) is 0 Å². The predicted octanol–water partition coefficient (Wildman–Crippen LogP) is 0.835. The number of methoxy groups -OCH3 is 1. The number of carbonyl (C=O) groups excluding carboxylic acids is 2. The largest absolute Gasteiger partial charge is 0.481 e. The van der Waals surface area contributed by atoms with Gasteiger partial charge in [-0.05, 0) is 5.56 Å². The minimum atomic E-state index is -0.990. The Hall–Kier alpha value is -2.02. The highest BCUT2D eigenvalue weighted by Crippen LogP contribution is 2.14. The molecule has 1 amide bonds. The number of benzene rings is 1. The van der Waals surface area contributed by atoms with Gasteiger partial charge in [0.1, 0.15) is 0 Å². The third-order valence-corrected chi connectivity index (χ3v) is 3.25. The number of carboxylic acid groups (broad SMARTS) is 1. The van der Waals surface area contributed by atoms with Gasteiger partial charge >= 0.3 is 11.9 Å². The summed E-state index contributed by atoms with van der Waals surface area (Å²) in [6, 6.07) is 7.80. The molecular weight excluding hydrogens is 282 g/mol. The lowest BCUT2D eigenvalue weighted by atomic mass is 10.1. The van der Waals surface area contributed by atoms with Gasteiger partial charge in [-0.25, -0.2) is 4.79 Å². The number of amides is 1. The van der Waals surface area contributed by atoms with Crippen LogP contribution in [0.1, 0.15) is 11.6 Å². The van der Waals surface area contributed by atoms with E-state index in [0.29, 0.717) is 5.56 Å². The fraction of sp³-hybridized carbons (Fsp3) is 0.308. The maximum absolute atomic E-state index is 11.7. The molecule has 0 aliphatic heterocycles. The van der Waals surface area contributed by atoms with Crippen LogP contribution in [0.2, 0.25) is 0 Å². The summed E-state index contributed by atoms with van der Waals surface area (Å²) in [4.78, 5) is 33.7. The number of hydrogen-bond acceptors (Lipinski definition) is 5. The summed E-state index contributed by atoms with van der Waals surface area (Å²) in [7, 11) is 1.24. The Balaban J connectivity index is 2.64. The molecule has 20 heavy (non-hydrogen) atoms. The molecule has 0 aromatic heterocycles. The molecule has 0 radical (unpaired) electrons. The smallest absolute Gasteiger partial charge is 0.333 e. The van der Waals surface area contributed by atoms with Crippen LogP contribution in [0.15, 0.2) is 30.3 Å². The van der Waals surface area contributed by atoms with E-state index in [4.69, 9.17) is 5.11 Å². The Morgan fingerprint density at radius 3 is 2.45 bits per heavy atom. The fourth-order valence-electron chi connectivity index (χ4n) is 1.48. The van der Waals surface area contributed by atoms with Crippen LogP contribution in [0.3, 0.4) is 0 Å². The number of hydrogen-bond donors (Lipinski definition) is 2. The molecule has 1 rings (SSSR count). The summed E-state index contributed by atoms with van der Waals surface area (Å²) in [6.45, 7) is 0. The molecule has 1 unspecified atom stereocenters. The highest BCUT2D eigenvalue weighted by Gasteiger charge is 2.23. The Bertz CT molecular complexity index is 477. The van der Waals surface area contributed by atoms with Gasteiger partial charge in [0.15, 0.2) is 6.04 Å². The molecule has 1 aromatic carbocycles. The molecule has 0 spiro atoms. The number of esters is 1. The van der Waals surface area contributed by atoms with E-state index in [-0.39, 0.29) is 11.5 Å². The monoisotopic (exact) mass is 297 g/mol. The second-order valence-electron chi connectivity index (χ2n) is 3.82. The van der Waals surface area contributed by atoms with E-state index in [2.05, 4.69) is 10.1 Å². The van der Waals surface area contributed by atoms with Crippen molar-refractivity contribution in [2.75, 3.05) is 18.6 Å². The van der Waals surface area contributed by atoms with Gasteiger partial charge in [-0.1, -0.05) is 30.3 Å². The fourth-order valence-corrected chi connectivity index (χ4v) is 2.02. The normalized spacial score (nSPS) is 11.4. The van der Waals surface area contributed by atoms with Gasteiger partial charge in [0.25, 0.3) is 0 Å². The van der Waals surface area contributed by atoms with Crippen molar-refractivity contribution in [2.24, 2.45) is 0 Å². The number of rotatable bonds is 7. The van der Waals surface area contributed by atoms with E-state index in [0.717, 1.165) is 11.8 Å². The first-order valence-electron chi connectivity index (χ1n) is 5.76. The van der Waals surface area contributed by atoms with Crippen LogP contribution in [-0.2, 0) is 19.1 Å². The number of nitrogens with one attached hydrogen (secondary N) is 1. The quantitative estimate of drug-likeness (QED) is 0.724. The van der Waals surface area contributed by atoms with E-state index >= 15 is 0 Å². The van der Waals surface area contributed by atoms with Crippen molar-refractivity contribution in [2.45, 2.75) is 6.04 Å². The molecule has 6 nitrogen and oxygen atoms in total. The van der Waals surface area contributed by atoms with Gasteiger partial charge < -0.3 is 15.2 Å². The third kappa shape index (κ3) is 5.31. The predicted molar refractivity (Wildman–Crippen MR) is 74.3 cm³/mol.